The van der Waals surface area contributed by atoms with E-state index in [0.717, 1.165) is 37.5 Å². The summed E-state index contributed by atoms with van der Waals surface area (Å²) < 4.78 is 5.50. The molecule has 0 aromatic heterocycles. The number of rotatable bonds is 7. The summed E-state index contributed by atoms with van der Waals surface area (Å²) in [6, 6.07) is 5.52. The maximum atomic E-state index is 9.28. The fourth-order valence-corrected chi connectivity index (χ4v) is 3.47. The van der Waals surface area contributed by atoms with Gasteiger partial charge in [-0.05, 0) is 37.0 Å². The quantitative estimate of drug-likeness (QED) is 0.507. The number of aliphatic hydroxyl groups is 1. The Morgan fingerprint density at radius 3 is 2.67 bits per heavy atom. The summed E-state index contributed by atoms with van der Waals surface area (Å²) in [5, 5.41) is 17.2. The monoisotopic (exact) mass is 373 g/mol. The minimum atomic E-state index is -0.0155. The van der Waals surface area contributed by atoms with Gasteiger partial charge in [0.25, 0.3) is 0 Å². The van der Waals surface area contributed by atoms with E-state index in [1.165, 1.54) is 0 Å². The van der Waals surface area contributed by atoms with E-state index in [2.05, 4.69) is 15.6 Å². The van der Waals surface area contributed by atoms with Crippen molar-refractivity contribution in [3.05, 3.63) is 33.8 Å². The van der Waals surface area contributed by atoms with E-state index in [0.29, 0.717) is 29.6 Å². The van der Waals surface area contributed by atoms with Gasteiger partial charge >= 0.3 is 0 Å². The molecule has 0 spiro atoms. The number of ether oxygens (including phenoxy) is 1. The Bertz CT molecular complexity index is 541. The largest absolute Gasteiger partial charge is 0.396 e. The fourth-order valence-electron chi connectivity index (χ4n) is 2.88. The van der Waals surface area contributed by atoms with E-state index >= 15 is 0 Å². The zero-order valence-electron chi connectivity index (χ0n) is 13.9. The van der Waals surface area contributed by atoms with Gasteiger partial charge in [0.15, 0.2) is 5.96 Å². The number of aliphatic hydroxyl groups excluding tert-OH is 1. The zero-order valence-corrected chi connectivity index (χ0v) is 15.5. The molecule has 134 valence electrons. The molecule has 0 amide bonds. The average molecular weight is 374 g/mol. The summed E-state index contributed by atoms with van der Waals surface area (Å²) in [4.78, 5) is 4.24. The molecule has 0 bridgehead atoms. The second-order valence-corrected chi connectivity index (χ2v) is 6.89. The zero-order chi connectivity index (χ0) is 17.4. The van der Waals surface area contributed by atoms with E-state index in [1.807, 2.05) is 18.2 Å². The van der Waals surface area contributed by atoms with Crippen LogP contribution < -0.4 is 10.6 Å². The van der Waals surface area contributed by atoms with Crippen molar-refractivity contribution >= 4 is 29.2 Å². The number of aliphatic imine (C=N–C) groups is 1. The normalized spacial score (nSPS) is 21.1. The molecule has 1 heterocycles. The highest BCUT2D eigenvalue weighted by atomic mass is 35.5. The first-order chi connectivity index (χ1) is 11.6. The predicted molar refractivity (Wildman–Crippen MR) is 99.1 cm³/mol. The van der Waals surface area contributed by atoms with Crippen LogP contribution in [0.25, 0.3) is 0 Å². The molecule has 3 N–H and O–H groups in total. The minimum absolute atomic E-state index is 0.0155. The highest BCUT2D eigenvalue weighted by Gasteiger charge is 2.34. The van der Waals surface area contributed by atoms with Crippen molar-refractivity contribution in [3.8, 4) is 0 Å². The fraction of sp³-hybridized carbons (Fsp3) is 0.588. The lowest BCUT2D eigenvalue weighted by molar-refractivity contribution is 0.127. The van der Waals surface area contributed by atoms with Crippen molar-refractivity contribution in [2.45, 2.75) is 19.3 Å². The van der Waals surface area contributed by atoms with E-state index in [1.54, 1.807) is 7.05 Å². The molecule has 2 rings (SSSR count). The van der Waals surface area contributed by atoms with Crippen molar-refractivity contribution in [1.29, 1.82) is 0 Å². The van der Waals surface area contributed by atoms with Gasteiger partial charge in [0.2, 0.25) is 0 Å². The van der Waals surface area contributed by atoms with Crippen molar-refractivity contribution in [2.24, 2.45) is 10.4 Å². The Morgan fingerprint density at radius 2 is 2.08 bits per heavy atom. The lowest BCUT2D eigenvalue weighted by atomic mass is 9.84. The van der Waals surface area contributed by atoms with Crippen LogP contribution in [0.15, 0.2) is 23.2 Å². The first-order valence-electron chi connectivity index (χ1n) is 8.16. The molecule has 1 atom stereocenters. The number of nitrogens with one attached hydrogen (secondary N) is 2. The molecular weight excluding hydrogens is 349 g/mol. The Hall–Kier alpha value is -1.01. The molecule has 1 saturated heterocycles. The van der Waals surface area contributed by atoms with Crippen molar-refractivity contribution in [3.63, 3.8) is 0 Å². The summed E-state index contributed by atoms with van der Waals surface area (Å²) in [5.74, 6) is 0.724. The van der Waals surface area contributed by atoms with E-state index in [-0.39, 0.29) is 12.0 Å². The van der Waals surface area contributed by atoms with Gasteiger partial charge in [-0.3, -0.25) is 4.99 Å². The predicted octanol–water partition coefficient (Wildman–Crippen LogP) is 2.49. The molecule has 7 heteroatoms. The first kappa shape index (κ1) is 19.3. The number of nitrogens with zero attached hydrogens (tertiary/aromatic N) is 1. The maximum Gasteiger partial charge on any atom is 0.191 e. The topological polar surface area (TPSA) is 65.9 Å². The van der Waals surface area contributed by atoms with E-state index in [9.17, 15) is 5.11 Å². The van der Waals surface area contributed by atoms with Crippen molar-refractivity contribution in [2.75, 3.05) is 40.0 Å². The Morgan fingerprint density at radius 1 is 1.33 bits per heavy atom. The van der Waals surface area contributed by atoms with E-state index < -0.39 is 0 Å². The van der Waals surface area contributed by atoms with Crippen LogP contribution in [0.3, 0.4) is 0 Å². The van der Waals surface area contributed by atoms with Crippen LogP contribution in [0.5, 0.6) is 0 Å². The molecule has 1 aromatic rings. The van der Waals surface area contributed by atoms with Gasteiger partial charge in [0, 0.05) is 48.8 Å². The van der Waals surface area contributed by atoms with Crippen LogP contribution in [0, 0.1) is 5.41 Å². The highest BCUT2D eigenvalue weighted by molar-refractivity contribution is 6.35. The van der Waals surface area contributed by atoms with Gasteiger partial charge < -0.3 is 20.5 Å². The molecule has 0 saturated carbocycles. The number of hydrogen-bond acceptors (Lipinski definition) is 3. The number of hydrogen-bond donors (Lipinski definition) is 3. The molecule has 0 radical (unpaired) electrons. The highest BCUT2D eigenvalue weighted by Crippen LogP contribution is 2.31. The number of halogens is 2. The van der Waals surface area contributed by atoms with Gasteiger partial charge in [-0.2, -0.15) is 0 Å². The molecular formula is C17H25Cl2N3O2. The van der Waals surface area contributed by atoms with Crippen molar-refractivity contribution in [1.82, 2.24) is 10.6 Å². The molecule has 1 fully saturated rings. The van der Waals surface area contributed by atoms with Crippen LogP contribution in [-0.4, -0.2) is 51.0 Å². The number of benzene rings is 1. The van der Waals surface area contributed by atoms with Gasteiger partial charge in [-0.15, -0.1) is 0 Å². The third-order valence-electron chi connectivity index (χ3n) is 4.41. The van der Waals surface area contributed by atoms with Gasteiger partial charge in [-0.1, -0.05) is 29.3 Å². The summed E-state index contributed by atoms with van der Waals surface area (Å²) in [6.07, 6.45) is 2.39. The smallest absolute Gasteiger partial charge is 0.191 e. The van der Waals surface area contributed by atoms with Gasteiger partial charge in [0.05, 0.1) is 6.61 Å². The minimum Gasteiger partial charge on any atom is -0.396 e. The molecule has 1 aliphatic heterocycles. The van der Waals surface area contributed by atoms with Crippen LogP contribution in [-0.2, 0) is 11.2 Å². The van der Waals surface area contributed by atoms with Crippen LogP contribution in [0.1, 0.15) is 18.4 Å². The summed E-state index contributed by atoms with van der Waals surface area (Å²) >= 11 is 12.4. The lowest BCUT2D eigenvalue weighted by Gasteiger charge is -2.27. The summed E-state index contributed by atoms with van der Waals surface area (Å²) in [7, 11) is 1.74. The third-order valence-corrected chi connectivity index (χ3v) is 5.12. The molecule has 5 nitrogen and oxygen atoms in total. The number of guanidine groups is 1. The average Bonchev–Trinajstić information content (AvgIpc) is 3.02. The van der Waals surface area contributed by atoms with Gasteiger partial charge in [-0.25, -0.2) is 0 Å². The molecule has 1 aromatic carbocycles. The Labute approximate surface area is 153 Å². The van der Waals surface area contributed by atoms with Crippen LogP contribution in [0.4, 0.5) is 0 Å². The van der Waals surface area contributed by atoms with Crippen LogP contribution >= 0.6 is 23.2 Å². The molecule has 1 unspecified atom stereocenters. The van der Waals surface area contributed by atoms with E-state index in [4.69, 9.17) is 27.9 Å². The molecule has 0 aliphatic carbocycles. The molecule has 24 heavy (non-hydrogen) atoms. The summed E-state index contributed by atoms with van der Waals surface area (Å²) in [5.41, 5.74) is 0.919. The maximum absolute atomic E-state index is 9.28. The Balaban J connectivity index is 1.82. The second kappa shape index (κ2) is 9.47. The van der Waals surface area contributed by atoms with Gasteiger partial charge in [0.1, 0.15) is 0 Å². The van der Waals surface area contributed by atoms with Crippen LogP contribution in [0.2, 0.25) is 10.0 Å². The standard InChI is InChI=1S/C17H25Cl2N3O2/c1-20-16(22-11-17(6-9-23)7-10-24-12-17)21-8-5-13-14(18)3-2-4-15(13)19/h2-4,23H,5-12H2,1H3,(H2,20,21,22). The Kier molecular flexibility index (Phi) is 7.62. The SMILES string of the molecule is CN=C(NCCc1c(Cl)cccc1Cl)NCC1(CCO)CCOC1. The first-order valence-corrected chi connectivity index (χ1v) is 8.92. The third kappa shape index (κ3) is 5.24. The summed E-state index contributed by atoms with van der Waals surface area (Å²) in [6.45, 7) is 2.99. The lowest BCUT2D eigenvalue weighted by Crippen LogP contribution is -2.45. The molecule has 1 aliphatic rings. The van der Waals surface area contributed by atoms with Crippen molar-refractivity contribution < 1.29 is 9.84 Å². The second-order valence-electron chi connectivity index (χ2n) is 6.08.